The number of pyridine rings is 1. The summed E-state index contributed by atoms with van der Waals surface area (Å²) < 4.78 is 14.3. The normalized spacial score (nSPS) is 16.6. The topological polar surface area (TPSA) is 63.1 Å². The van der Waals surface area contributed by atoms with Crippen LogP contribution in [0.3, 0.4) is 0 Å². The molecule has 5 rings (SSSR count). The van der Waals surface area contributed by atoms with E-state index in [-0.39, 0.29) is 5.82 Å². The van der Waals surface area contributed by atoms with Gasteiger partial charge in [-0.15, -0.1) is 10.2 Å². The van der Waals surface area contributed by atoms with Crippen LogP contribution in [0.25, 0.3) is 11.3 Å². The van der Waals surface area contributed by atoms with Crippen molar-refractivity contribution in [2.45, 2.75) is 31.2 Å². The first-order valence-electron chi connectivity index (χ1n) is 9.12. The third kappa shape index (κ3) is 2.77. The van der Waals surface area contributed by atoms with E-state index in [1.807, 2.05) is 30.5 Å². The van der Waals surface area contributed by atoms with Gasteiger partial charge in [-0.05, 0) is 61.2 Å². The summed E-state index contributed by atoms with van der Waals surface area (Å²) in [4.78, 5) is 8.60. The minimum absolute atomic E-state index is 0.283. The number of nitrogens with zero attached hydrogens (tertiary/aromatic N) is 4. The van der Waals surface area contributed by atoms with Crippen molar-refractivity contribution in [3.8, 4) is 11.3 Å². The summed E-state index contributed by atoms with van der Waals surface area (Å²) in [6.07, 6.45) is 7.10. The molecule has 1 saturated carbocycles. The molecule has 5 nitrogen and oxygen atoms in total. The van der Waals surface area contributed by atoms with Crippen molar-refractivity contribution in [2.24, 2.45) is 4.99 Å². The molecule has 6 heteroatoms. The average Bonchev–Trinajstić information content (AvgIpc) is 3.14. The molecule has 1 fully saturated rings. The fraction of sp³-hybridized carbons (Fsp3) is 0.238. The van der Waals surface area contributed by atoms with Gasteiger partial charge in [-0.3, -0.25) is 9.98 Å². The Labute approximate surface area is 156 Å². The number of anilines is 1. The molecule has 2 aromatic heterocycles. The average molecular weight is 359 g/mol. The predicted molar refractivity (Wildman–Crippen MR) is 103 cm³/mol. The first-order chi connectivity index (χ1) is 13.2. The molecule has 0 atom stereocenters. The van der Waals surface area contributed by atoms with E-state index in [1.54, 1.807) is 12.3 Å². The van der Waals surface area contributed by atoms with Gasteiger partial charge in [0.25, 0.3) is 0 Å². The molecule has 1 aromatic carbocycles. The lowest BCUT2D eigenvalue weighted by molar-refractivity contribution is 0.265. The Morgan fingerprint density at radius 3 is 2.70 bits per heavy atom. The number of fused-ring (bicyclic) bond motifs is 1. The molecule has 3 heterocycles. The van der Waals surface area contributed by atoms with Crippen LogP contribution < -0.4 is 5.32 Å². The van der Waals surface area contributed by atoms with Crippen molar-refractivity contribution in [1.82, 2.24) is 15.2 Å². The summed E-state index contributed by atoms with van der Waals surface area (Å²) in [5.41, 5.74) is 4.02. The molecule has 27 heavy (non-hydrogen) atoms. The molecule has 1 aliphatic carbocycles. The number of hydrogen-bond acceptors (Lipinski definition) is 5. The second-order valence-corrected chi connectivity index (χ2v) is 7.06. The van der Waals surface area contributed by atoms with Gasteiger partial charge in [0.1, 0.15) is 17.3 Å². The number of aromatic nitrogens is 3. The number of benzene rings is 1. The van der Waals surface area contributed by atoms with Crippen LogP contribution in [-0.4, -0.2) is 21.4 Å². The van der Waals surface area contributed by atoms with E-state index >= 15 is 0 Å². The first kappa shape index (κ1) is 16.1. The Kier molecular flexibility index (Phi) is 3.70. The Balaban J connectivity index is 1.40. The SMILES string of the molecule is Fc1cccnc1C1(Nc2ccc(-c3ccc4c(c3)CC=N4)nn2)CCC1. The fourth-order valence-electron chi connectivity index (χ4n) is 3.76. The van der Waals surface area contributed by atoms with E-state index in [0.717, 1.165) is 42.6 Å². The van der Waals surface area contributed by atoms with E-state index < -0.39 is 5.54 Å². The van der Waals surface area contributed by atoms with Crippen LogP contribution in [0.1, 0.15) is 30.5 Å². The van der Waals surface area contributed by atoms with Gasteiger partial charge in [-0.2, -0.15) is 0 Å². The van der Waals surface area contributed by atoms with Crippen molar-refractivity contribution < 1.29 is 4.39 Å². The third-order valence-electron chi connectivity index (χ3n) is 5.37. The van der Waals surface area contributed by atoms with Crippen LogP contribution in [0.5, 0.6) is 0 Å². The molecule has 134 valence electrons. The van der Waals surface area contributed by atoms with Gasteiger partial charge >= 0.3 is 0 Å². The second kappa shape index (κ2) is 6.23. The van der Waals surface area contributed by atoms with E-state index in [0.29, 0.717) is 11.5 Å². The van der Waals surface area contributed by atoms with Gasteiger partial charge in [0.2, 0.25) is 0 Å². The summed E-state index contributed by atoms with van der Waals surface area (Å²) in [6, 6.07) is 13.0. The van der Waals surface area contributed by atoms with Gasteiger partial charge in [-0.1, -0.05) is 6.07 Å². The maximum absolute atomic E-state index is 14.3. The molecular formula is C21H18FN5. The van der Waals surface area contributed by atoms with Crippen molar-refractivity contribution >= 4 is 17.7 Å². The highest BCUT2D eigenvalue weighted by atomic mass is 19.1. The molecule has 0 spiro atoms. The summed E-state index contributed by atoms with van der Waals surface area (Å²) >= 11 is 0. The number of rotatable bonds is 4. The monoisotopic (exact) mass is 359 g/mol. The number of nitrogens with one attached hydrogen (secondary N) is 1. The van der Waals surface area contributed by atoms with Crippen LogP contribution in [0.4, 0.5) is 15.9 Å². The number of halogens is 1. The Bertz CT molecular complexity index is 1020. The van der Waals surface area contributed by atoms with Gasteiger partial charge < -0.3 is 5.32 Å². The Hall–Kier alpha value is -3.15. The molecule has 0 unspecified atom stereocenters. The number of aliphatic imine (C=N–C) groups is 1. The quantitative estimate of drug-likeness (QED) is 0.749. The van der Waals surface area contributed by atoms with Gasteiger partial charge in [0, 0.05) is 24.4 Å². The van der Waals surface area contributed by atoms with Crippen molar-refractivity contribution in [1.29, 1.82) is 0 Å². The van der Waals surface area contributed by atoms with Crippen molar-refractivity contribution in [2.75, 3.05) is 5.32 Å². The molecule has 1 aliphatic heterocycles. The van der Waals surface area contributed by atoms with Crippen LogP contribution in [0, 0.1) is 5.82 Å². The fourth-order valence-corrected chi connectivity index (χ4v) is 3.76. The Morgan fingerprint density at radius 1 is 1.04 bits per heavy atom. The largest absolute Gasteiger partial charge is 0.357 e. The van der Waals surface area contributed by atoms with Crippen LogP contribution in [0.15, 0.2) is 53.7 Å². The molecule has 0 bridgehead atoms. The number of hydrogen-bond donors (Lipinski definition) is 1. The first-order valence-corrected chi connectivity index (χ1v) is 9.12. The molecule has 2 aliphatic rings. The standard InChI is InChI=1S/C21H18FN5/c22-16-3-1-11-24-20(16)21(9-2-10-21)25-19-7-6-18(26-27-19)14-4-5-17-15(13-14)8-12-23-17/h1,3-7,11-13H,2,8-10H2,(H,25,27). The molecule has 0 amide bonds. The zero-order chi connectivity index (χ0) is 18.3. The summed E-state index contributed by atoms with van der Waals surface area (Å²) in [5, 5.41) is 12.1. The van der Waals surface area contributed by atoms with Crippen molar-refractivity contribution in [3.05, 3.63) is 65.7 Å². The third-order valence-corrected chi connectivity index (χ3v) is 5.37. The molecule has 0 radical (unpaired) electrons. The van der Waals surface area contributed by atoms with Crippen LogP contribution in [-0.2, 0) is 12.0 Å². The van der Waals surface area contributed by atoms with E-state index in [4.69, 9.17) is 0 Å². The zero-order valence-electron chi connectivity index (χ0n) is 14.7. The minimum atomic E-state index is -0.494. The second-order valence-electron chi connectivity index (χ2n) is 7.06. The summed E-state index contributed by atoms with van der Waals surface area (Å²) in [6.45, 7) is 0. The van der Waals surface area contributed by atoms with E-state index in [9.17, 15) is 4.39 Å². The maximum atomic E-state index is 14.3. The Morgan fingerprint density at radius 2 is 1.96 bits per heavy atom. The van der Waals surface area contributed by atoms with Crippen LogP contribution >= 0.6 is 0 Å². The molecule has 1 N–H and O–H groups in total. The summed E-state index contributed by atoms with van der Waals surface area (Å²) in [5.74, 6) is 0.350. The van der Waals surface area contributed by atoms with Gasteiger partial charge in [0.15, 0.2) is 0 Å². The predicted octanol–water partition coefficient (Wildman–Crippen LogP) is 4.43. The zero-order valence-corrected chi connectivity index (χ0v) is 14.7. The van der Waals surface area contributed by atoms with E-state index in [2.05, 4.69) is 31.6 Å². The lowest BCUT2D eigenvalue weighted by Gasteiger charge is -2.42. The lowest BCUT2D eigenvalue weighted by atomic mass is 9.74. The molecule has 0 saturated heterocycles. The van der Waals surface area contributed by atoms with Gasteiger partial charge in [-0.25, -0.2) is 4.39 Å². The lowest BCUT2D eigenvalue weighted by Crippen LogP contribution is -2.43. The van der Waals surface area contributed by atoms with E-state index in [1.165, 1.54) is 11.6 Å². The van der Waals surface area contributed by atoms with Gasteiger partial charge in [0.05, 0.1) is 16.9 Å². The van der Waals surface area contributed by atoms with Crippen LogP contribution in [0.2, 0.25) is 0 Å². The highest BCUT2D eigenvalue weighted by molar-refractivity contribution is 5.78. The highest BCUT2D eigenvalue weighted by Gasteiger charge is 2.42. The highest BCUT2D eigenvalue weighted by Crippen LogP contribution is 2.43. The molecule has 3 aromatic rings. The smallest absolute Gasteiger partial charge is 0.149 e. The maximum Gasteiger partial charge on any atom is 0.149 e. The van der Waals surface area contributed by atoms with Crippen molar-refractivity contribution in [3.63, 3.8) is 0 Å². The summed E-state index contributed by atoms with van der Waals surface area (Å²) in [7, 11) is 0. The molecular weight excluding hydrogens is 341 g/mol. The minimum Gasteiger partial charge on any atom is -0.357 e.